The molecule has 2 aliphatic rings. The van der Waals surface area contributed by atoms with Gasteiger partial charge in [0.15, 0.2) is 0 Å². The van der Waals surface area contributed by atoms with Crippen LogP contribution in [0.2, 0.25) is 0 Å². The maximum atomic E-state index is 11.2. The van der Waals surface area contributed by atoms with Crippen LogP contribution in [0.4, 0.5) is 0 Å². The molecule has 86 valence electrons. The van der Waals surface area contributed by atoms with E-state index < -0.39 is 0 Å². The van der Waals surface area contributed by atoms with Gasteiger partial charge in [-0.15, -0.1) is 0 Å². The van der Waals surface area contributed by atoms with Gasteiger partial charge in [0.05, 0.1) is 0 Å². The smallest absolute Gasteiger partial charge is 0.253 e. The molecule has 2 aliphatic heterocycles. The van der Waals surface area contributed by atoms with Crippen LogP contribution < -0.4 is 5.43 Å². The van der Waals surface area contributed by atoms with Gasteiger partial charge in [-0.1, -0.05) is 0 Å². The van der Waals surface area contributed by atoms with Crippen molar-refractivity contribution in [1.82, 2.24) is 15.2 Å². The lowest BCUT2D eigenvalue weighted by Crippen LogP contribution is -2.31. The molecule has 0 fully saturated rings. The first-order chi connectivity index (χ1) is 7.77. The molecule has 1 N–H and O–H groups in total. The Morgan fingerprint density at radius 1 is 1.19 bits per heavy atom. The number of amides is 2. The molecule has 0 atom stereocenters. The largest absolute Gasteiger partial charge is 0.342 e. The first-order valence-electron chi connectivity index (χ1n) is 5.31. The number of rotatable bonds is 5. The van der Waals surface area contributed by atoms with Gasteiger partial charge in [0.1, 0.15) is 13.0 Å². The third-order valence-electron chi connectivity index (χ3n) is 2.56. The Morgan fingerprint density at radius 2 is 1.88 bits per heavy atom. The van der Waals surface area contributed by atoms with Gasteiger partial charge in [-0.3, -0.25) is 19.9 Å². The van der Waals surface area contributed by atoms with E-state index in [-0.39, 0.29) is 11.8 Å². The molecule has 6 nitrogen and oxygen atoms in total. The number of hydrazone groups is 1. The number of hydrogen-bond acceptors (Lipinski definition) is 5. The van der Waals surface area contributed by atoms with Crippen LogP contribution in [-0.2, 0) is 9.59 Å². The van der Waals surface area contributed by atoms with E-state index in [2.05, 4.69) is 10.5 Å². The Morgan fingerprint density at radius 3 is 2.50 bits per heavy atom. The van der Waals surface area contributed by atoms with Gasteiger partial charge in [-0.2, -0.15) is 5.10 Å². The summed E-state index contributed by atoms with van der Waals surface area (Å²) >= 11 is 0. The molecule has 0 aromatic rings. The zero-order chi connectivity index (χ0) is 11.4. The number of unbranched alkanes of at least 4 members (excludes halogenated alkanes) is 1. The highest BCUT2D eigenvalue weighted by Crippen LogP contribution is 2.05. The molecule has 16 heavy (non-hydrogen) atoms. The molecule has 0 spiro atoms. The normalized spacial score (nSPS) is 18.8. The van der Waals surface area contributed by atoms with Crippen LogP contribution in [-0.4, -0.2) is 47.7 Å². The molecule has 0 bridgehead atoms. The van der Waals surface area contributed by atoms with Crippen molar-refractivity contribution in [3.8, 4) is 0 Å². The minimum absolute atomic E-state index is 0.200. The topological polar surface area (TPSA) is 65.0 Å². The monoisotopic (exact) mass is 222 g/mol. The van der Waals surface area contributed by atoms with Crippen molar-refractivity contribution in [2.75, 3.05) is 19.8 Å². The molecule has 0 saturated carbocycles. The summed E-state index contributed by atoms with van der Waals surface area (Å²) in [6.07, 6.45) is 6.15. The highest BCUT2D eigenvalue weighted by atomic mass is 16.2. The molecule has 0 saturated heterocycles. The molecule has 0 radical (unpaired) electrons. The summed E-state index contributed by atoms with van der Waals surface area (Å²) < 4.78 is 0. The molecule has 2 rings (SSSR count). The van der Waals surface area contributed by atoms with E-state index in [1.807, 2.05) is 4.90 Å². The first-order valence-corrected chi connectivity index (χ1v) is 5.31. The zero-order valence-corrected chi connectivity index (χ0v) is 8.93. The van der Waals surface area contributed by atoms with Crippen molar-refractivity contribution in [1.29, 1.82) is 0 Å². The Bertz CT molecular complexity index is 333. The minimum atomic E-state index is -0.200. The van der Waals surface area contributed by atoms with Crippen LogP contribution in [0, 0.1) is 0 Å². The van der Waals surface area contributed by atoms with Crippen LogP contribution in [0.5, 0.6) is 0 Å². The second-order valence-electron chi connectivity index (χ2n) is 3.74. The molecule has 0 aliphatic carbocycles. The third-order valence-corrected chi connectivity index (χ3v) is 2.56. The standard InChI is InChI=1S/C10H14N4O2/c15-9-3-4-10(16)14(9)6-2-1-5-13-7-11-12-8-13/h3-4,7,12H,1-2,5-6,8H2. The lowest BCUT2D eigenvalue weighted by atomic mass is 10.3. The van der Waals surface area contributed by atoms with Gasteiger partial charge >= 0.3 is 0 Å². The van der Waals surface area contributed by atoms with Crippen molar-refractivity contribution in [2.24, 2.45) is 5.10 Å². The Balaban J connectivity index is 1.63. The first kappa shape index (κ1) is 10.7. The van der Waals surface area contributed by atoms with Crippen LogP contribution >= 0.6 is 0 Å². The number of imide groups is 1. The highest BCUT2D eigenvalue weighted by molar-refractivity contribution is 6.12. The average Bonchev–Trinajstić information content (AvgIpc) is 2.87. The number of nitrogens with zero attached hydrogens (tertiary/aromatic N) is 3. The second-order valence-corrected chi connectivity index (χ2v) is 3.74. The summed E-state index contributed by atoms with van der Waals surface area (Å²) in [5.74, 6) is -0.399. The van der Waals surface area contributed by atoms with E-state index >= 15 is 0 Å². The number of carbonyl (C=O) groups excluding carboxylic acids is 2. The second kappa shape index (κ2) is 4.78. The molecule has 2 heterocycles. The summed E-state index contributed by atoms with van der Waals surface area (Å²) in [7, 11) is 0. The van der Waals surface area contributed by atoms with Crippen LogP contribution in [0.1, 0.15) is 12.8 Å². The van der Waals surface area contributed by atoms with Gasteiger partial charge in [0.2, 0.25) is 0 Å². The van der Waals surface area contributed by atoms with Gasteiger partial charge < -0.3 is 4.90 Å². The van der Waals surface area contributed by atoms with E-state index in [0.29, 0.717) is 6.54 Å². The predicted octanol–water partition coefficient (Wildman–Crippen LogP) is -0.502. The lowest BCUT2D eigenvalue weighted by Gasteiger charge is -2.15. The Hall–Kier alpha value is -1.85. The molecule has 6 heteroatoms. The number of nitrogens with one attached hydrogen (secondary N) is 1. The fourth-order valence-electron chi connectivity index (χ4n) is 1.67. The van der Waals surface area contributed by atoms with E-state index in [0.717, 1.165) is 26.1 Å². The van der Waals surface area contributed by atoms with E-state index in [4.69, 9.17) is 0 Å². The number of carbonyl (C=O) groups is 2. The lowest BCUT2D eigenvalue weighted by molar-refractivity contribution is -0.136. The van der Waals surface area contributed by atoms with Gasteiger partial charge in [-0.25, -0.2) is 0 Å². The van der Waals surface area contributed by atoms with Crippen molar-refractivity contribution in [2.45, 2.75) is 12.8 Å². The average molecular weight is 222 g/mol. The molecule has 2 amide bonds. The summed E-state index contributed by atoms with van der Waals surface area (Å²) in [6, 6.07) is 0. The summed E-state index contributed by atoms with van der Waals surface area (Å²) in [6.45, 7) is 2.13. The third kappa shape index (κ3) is 2.39. The molecular formula is C10H14N4O2. The van der Waals surface area contributed by atoms with Crippen molar-refractivity contribution in [3.63, 3.8) is 0 Å². The van der Waals surface area contributed by atoms with E-state index in [1.165, 1.54) is 17.1 Å². The summed E-state index contributed by atoms with van der Waals surface area (Å²) in [4.78, 5) is 25.7. The van der Waals surface area contributed by atoms with Gasteiger partial charge in [0, 0.05) is 25.2 Å². The van der Waals surface area contributed by atoms with Crippen molar-refractivity contribution < 1.29 is 9.59 Å². The quantitative estimate of drug-likeness (QED) is 0.503. The predicted molar refractivity (Wildman–Crippen MR) is 58.3 cm³/mol. The van der Waals surface area contributed by atoms with Crippen LogP contribution in [0.25, 0.3) is 0 Å². The Labute approximate surface area is 93.6 Å². The van der Waals surface area contributed by atoms with E-state index in [9.17, 15) is 9.59 Å². The minimum Gasteiger partial charge on any atom is -0.342 e. The fraction of sp³-hybridized carbons (Fsp3) is 0.500. The Kier molecular flexibility index (Phi) is 3.19. The van der Waals surface area contributed by atoms with Crippen molar-refractivity contribution >= 4 is 18.2 Å². The van der Waals surface area contributed by atoms with Gasteiger partial charge in [-0.05, 0) is 12.8 Å². The van der Waals surface area contributed by atoms with E-state index in [1.54, 1.807) is 6.34 Å². The zero-order valence-electron chi connectivity index (χ0n) is 8.93. The maximum absolute atomic E-state index is 11.2. The van der Waals surface area contributed by atoms with Crippen LogP contribution in [0.3, 0.4) is 0 Å². The maximum Gasteiger partial charge on any atom is 0.253 e. The molecular weight excluding hydrogens is 208 g/mol. The van der Waals surface area contributed by atoms with Crippen LogP contribution in [0.15, 0.2) is 17.3 Å². The fourth-order valence-corrected chi connectivity index (χ4v) is 1.67. The van der Waals surface area contributed by atoms with Crippen molar-refractivity contribution in [3.05, 3.63) is 12.2 Å². The van der Waals surface area contributed by atoms with Gasteiger partial charge in [0.25, 0.3) is 11.8 Å². The highest BCUT2D eigenvalue weighted by Gasteiger charge is 2.22. The number of hydrogen-bond donors (Lipinski definition) is 1. The molecule has 0 aromatic heterocycles. The summed E-state index contributed by atoms with van der Waals surface area (Å²) in [5.41, 5.74) is 2.84. The molecule has 0 unspecified atom stereocenters. The SMILES string of the molecule is O=C1C=CC(=O)N1CCCCN1C=NNC1. The molecule has 0 aromatic carbocycles. The summed E-state index contributed by atoms with van der Waals surface area (Å²) in [5, 5.41) is 3.87.